The van der Waals surface area contributed by atoms with E-state index in [0.717, 1.165) is 32.1 Å². The summed E-state index contributed by atoms with van der Waals surface area (Å²) in [5, 5.41) is 6.37. The second-order valence-corrected chi connectivity index (χ2v) is 6.60. The lowest BCUT2D eigenvalue weighted by Crippen LogP contribution is -1.90. The molecule has 2 N–H and O–H groups in total. The van der Waals surface area contributed by atoms with Crippen molar-refractivity contribution >= 4 is 43.8 Å². The summed E-state index contributed by atoms with van der Waals surface area (Å²) < 4.78 is 1.16. The molecule has 114 valence electrons. The Morgan fingerprint density at radius 3 is 2.91 bits per heavy atom. The number of nitrogens with zero attached hydrogens (tertiary/aromatic N) is 2. The van der Waals surface area contributed by atoms with E-state index in [2.05, 4.69) is 58.6 Å². The largest absolute Gasteiger partial charge is 0.358 e. The first kappa shape index (κ1) is 14.0. The molecule has 23 heavy (non-hydrogen) atoms. The van der Waals surface area contributed by atoms with Crippen molar-refractivity contribution in [3.8, 4) is 0 Å². The molecule has 2 heterocycles. The quantitative estimate of drug-likeness (QED) is 0.419. The van der Waals surface area contributed by atoms with E-state index in [0.29, 0.717) is 0 Å². The van der Waals surface area contributed by atoms with Crippen molar-refractivity contribution in [1.29, 1.82) is 0 Å². The van der Waals surface area contributed by atoms with Crippen LogP contribution in [0.5, 0.6) is 0 Å². The zero-order valence-corrected chi connectivity index (χ0v) is 13.7. The van der Waals surface area contributed by atoms with E-state index in [1.807, 2.05) is 24.4 Å². The van der Waals surface area contributed by atoms with Gasteiger partial charge in [-0.1, -0.05) is 35.1 Å². The molecule has 0 atom stereocenters. The van der Waals surface area contributed by atoms with Crippen LogP contribution < -0.4 is 5.43 Å². The second-order valence-electron chi connectivity index (χ2n) is 5.57. The number of hydrogen-bond acceptors (Lipinski definition) is 4. The van der Waals surface area contributed by atoms with E-state index in [-0.39, 0.29) is 0 Å². The zero-order valence-electron chi connectivity index (χ0n) is 12.9. The van der Waals surface area contributed by atoms with E-state index in [1.54, 1.807) is 11.3 Å². The summed E-state index contributed by atoms with van der Waals surface area (Å²) in [7, 11) is 0. The Bertz CT molecular complexity index is 993. The van der Waals surface area contributed by atoms with Gasteiger partial charge in [-0.05, 0) is 38.1 Å². The third kappa shape index (κ3) is 2.59. The average Bonchev–Trinajstić information content (AvgIpc) is 3.08. The van der Waals surface area contributed by atoms with Gasteiger partial charge in [0.2, 0.25) is 5.13 Å². The number of H-pyrrole nitrogens is 1. The standard InChI is InChI=1S/C18H16N4S/c1-11-7-8-15-13(9-11)14(12(2)20-15)10-19-22-18-21-16-5-3-4-6-17(16)23-18/h3-10,20H,1-2H3,(H,21,22)/b19-10+. The van der Waals surface area contributed by atoms with Gasteiger partial charge in [0.25, 0.3) is 0 Å². The van der Waals surface area contributed by atoms with Crippen LogP contribution in [0.15, 0.2) is 47.6 Å². The summed E-state index contributed by atoms with van der Waals surface area (Å²) in [4.78, 5) is 7.91. The molecule has 0 aliphatic heterocycles. The molecule has 0 unspecified atom stereocenters. The summed E-state index contributed by atoms with van der Waals surface area (Å²) in [6.07, 6.45) is 1.86. The van der Waals surface area contributed by atoms with Crippen molar-refractivity contribution in [2.75, 3.05) is 5.43 Å². The van der Waals surface area contributed by atoms with Crippen molar-refractivity contribution in [3.05, 3.63) is 59.3 Å². The maximum absolute atomic E-state index is 4.52. The Hall–Kier alpha value is -2.66. The van der Waals surface area contributed by atoms with Gasteiger partial charge < -0.3 is 4.98 Å². The molecule has 0 fully saturated rings. The van der Waals surface area contributed by atoms with Crippen molar-refractivity contribution in [1.82, 2.24) is 9.97 Å². The summed E-state index contributed by atoms with van der Waals surface area (Å²) in [5.74, 6) is 0. The number of hydrogen-bond donors (Lipinski definition) is 2. The van der Waals surface area contributed by atoms with Gasteiger partial charge in [0.1, 0.15) is 0 Å². The number of benzene rings is 2. The van der Waals surface area contributed by atoms with Crippen LogP contribution in [0.25, 0.3) is 21.1 Å². The number of nitrogens with one attached hydrogen (secondary N) is 2. The van der Waals surface area contributed by atoms with Gasteiger partial charge in [-0.25, -0.2) is 4.98 Å². The molecule has 0 amide bonds. The molecule has 0 aliphatic rings. The fraction of sp³-hybridized carbons (Fsp3) is 0.111. The number of rotatable bonds is 3. The lowest BCUT2D eigenvalue weighted by molar-refractivity contribution is 1.28. The second kappa shape index (κ2) is 5.52. The van der Waals surface area contributed by atoms with E-state index in [9.17, 15) is 0 Å². The number of para-hydroxylation sites is 1. The van der Waals surface area contributed by atoms with Crippen molar-refractivity contribution in [2.24, 2.45) is 5.10 Å². The van der Waals surface area contributed by atoms with Crippen molar-refractivity contribution < 1.29 is 0 Å². The molecule has 0 radical (unpaired) electrons. The van der Waals surface area contributed by atoms with Gasteiger partial charge in [-0.15, -0.1) is 0 Å². The first-order chi connectivity index (χ1) is 11.2. The Kier molecular flexibility index (Phi) is 3.35. The van der Waals surface area contributed by atoms with Crippen LogP contribution in [0, 0.1) is 13.8 Å². The van der Waals surface area contributed by atoms with E-state index < -0.39 is 0 Å². The normalized spacial score (nSPS) is 11.7. The van der Waals surface area contributed by atoms with Gasteiger partial charge in [0, 0.05) is 22.2 Å². The molecular formula is C18H16N4S. The van der Waals surface area contributed by atoms with Crippen LogP contribution >= 0.6 is 11.3 Å². The fourth-order valence-corrected chi connectivity index (χ4v) is 3.52. The molecule has 4 aromatic rings. The number of aromatic amines is 1. The van der Waals surface area contributed by atoms with Gasteiger partial charge in [0.05, 0.1) is 16.4 Å². The third-order valence-corrected chi connectivity index (χ3v) is 4.78. The molecule has 0 saturated carbocycles. The van der Waals surface area contributed by atoms with Crippen LogP contribution in [-0.2, 0) is 0 Å². The minimum Gasteiger partial charge on any atom is -0.358 e. The first-order valence-corrected chi connectivity index (χ1v) is 8.26. The molecule has 0 aliphatic carbocycles. The van der Waals surface area contributed by atoms with Crippen LogP contribution in [-0.4, -0.2) is 16.2 Å². The number of fused-ring (bicyclic) bond motifs is 2. The highest BCUT2D eigenvalue weighted by Gasteiger charge is 2.06. The summed E-state index contributed by atoms with van der Waals surface area (Å²) in [6.45, 7) is 4.16. The molecule has 4 rings (SSSR count). The Balaban J connectivity index is 1.63. The third-order valence-electron chi connectivity index (χ3n) is 3.84. The van der Waals surface area contributed by atoms with Gasteiger partial charge in [-0.2, -0.15) is 5.10 Å². The Labute approximate surface area is 137 Å². The molecule has 0 spiro atoms. The zero-order chi connectivity index (χ0) is 15.8. The molecule has 5 heteroatoms. The number of aryl methyl sites for hydroxylation is 2. The summed E-state index contributed by atoms with van der Waals surface area (Å²) in [5.41, 5.74) is 8.63. The predicted molar refractivity (Wildman–Crippen MR) is 98.6 cm³/mol. The molecule has 0 saturated heterocycles. The predicted octanol–water partition coefficient (Wildman–Crippen LogP) is 4.84. The maximum atomic E-state index is 4.52. The number of aromatic nitrogens is 2. The van der Waals surface area contributed by atoms with Crippen molar-refractivity contribution in [2.45, 2.75) is 13.8 Å². The fourth-order valence-electron chi connectivity index (χ4n) is 2.70. The van der Waals surface area contributed by atoms with Gasteiger partial charge in [0.15, 0.2) is 0 Å². The summed E-state index contributed by atoms with van der Waals surface area (Å²) >= 11 is 1.60. The SMILES string of the molecule is Cc1ccc2[nH]c(C)c(/C=N/Nc3nc4ccccc4s3)c2c1. The lowest BCUT2D eigenvalue weighted by atomic mass is 10.1. The number of hydrazone groups is 1. The average molecular weight is 320 g/mol. The van der Waals surface area contributed by atoms with Crippen LogP contribution in [0.3, 0.4) is 0 Å². The number of anilines is 1. The van der Waals surface area contributed by atoms with Gasteiger partial charge in [-0.3, -0.25) is 5.43 Å². The topological polar surface area (TPSA) is 53.1 Å². The molecule has 2 aromatic heterocycles. The number of thiazole rings is 1. The Morgan fingerprint density at radius 1 is 1.17 bits per heavy atom. The molecule has 4 nitrogen and oxygen atoms in total. The molecule has 2 aromatic carbocycles. The van der Waals surface area contributed by atoms with Crippen LogP contribution in [0.1, 0.15) is 16.8 Å². The highest BCUT2D eigenvalue weighted by Crippen LogP contribution is 2.25. The minimum atomic E-state index is 0.802. The first-order valence-electron chi connectivity index (χ1n) is 7.44. The monoisotopic (exact) mass is 320 g/mol. The Morgan fingerprint density at radius 2 is 2.04 bits per heavy atom. The van der Waals surface area contributed by atoms with Gasteiger partial charge >= 0.3 is 0 Å². The molecule has 0 bridgehead atoms. The lowest BCUT2D eigenvalue weighted by Gasteiger charge is -1.96. The van der Waals surface area contributed by atoms with E-state index >= 15 is 0 Å². The van der Waals surface area contributed by atoms with E-state index in [1.165, 1.54) is 10.9 Å². The van der Waals surface area contributed by atoms with Crippen LogP contribution in [0.4, 0.5) is 5.13 Å². The van der Waals surface area contributed by atoms with Crippen molar-refractivity contribution in [3.63, 3.8) is 0 Å². The maximum Gasteiger partial charge on any atom is 0.204 e. The van der Waals surface area contributed by atoms with E-state index in [4.69, 9.17) is 0 Å². The highest BCUT2D eigenvalue weighted by atomic mass is 32.1. The van der Waals surface area contributed by atoms with Crippen LogP contribution in [0.2, 0.25) is 0 Å². The molecular weight excluding hydrogens is 304 g/mol. The minimum absolute atomic E-state index is 0.802. The summed E-state index contributed by atoms with van der Waals surface area (Å²) in [6, 6.07) is 14.5. The highest BCUT2D eigenvalue weighted by molar-refractivity contribution is 7.22. The smallest absolute Gasteiger partial charge is 0.204 e.